The van der Waals surface area contributed by atoms with Crippen molar-refractivity contribution in [2.45, 2.75) is 12.3 Å². The normalized spacial score (nSPS) is 10.6. The molecule has 0 aliphatic heterocycles. The number of benzene rings is 1. The van der Waals surface area contributed by atoms with Crippen LogP contribution in [-0.4, -0.2) is 14.7 Å². The predicted molar refractivity (Wildman–Crippen MR) is 78.8 cm³/mol. The summed E-state index contributed by atoms with van der Waals surface area (Å²) in [7, 11) is 1.71. The minimum absolute atomic E-state index is 0.0905. The number of halogens is 2. The molecule has 0 N–H and O–H groups in total. The van der Waals surface area contributed by atoms with Gasteiger partial charge in [0, 0.05) is 35.1 Å². The molecule has 106 valence electrons. The first-order valence-corrected chi connectivity index (χ1v) is 7.14. The Bertz CT molecular complexity index is 672. The molecule has 0 bridgehead atoms. The van der Waals surface area contributed by atoms with Crippen molar-refractivity contribution in [1.29, 1.82) is 0 Å². The summed E-state index contributed by atoms with van der Waals surface area (Å²) in [5.74, 6) is 0.539. The maximum Gasteiger partial charge on any atom is 0.311 e. The van der Waals surface area contributed by atoms with Crippen molar-refractivity contribution in [3.05, 3.63) is 44.6 Å². The van der Waals surface area contributed by atoms with Crippen molar-refractivity contribution in [3.63, 3.8) is 0 Å². The summed E-state index contributed by atoms with van der Waals surface area (Å²) in [5, 5.41) is 16.2. The first-order chi connectivity index (χ1) is 9.43. The smallest absolute Gasteiger partial charge is 0.311 e. The number of alkyl halides is 1. The number of nitro benzene ring substituents is 1. The zero-order valence-electron chi connectivity index (χ0n) is 10.8. The summed E-state index contributed by atoms with van der Waals surface area (Å²) in [6.07, 6.45) is 0. The fourth-order valence-electron chi connectivity index (χ4n) is 1.79. The number of ether oxygens (including phenoxy) is 1. The van der Waals surface area contributed by atoms with Gasteiger partial charge in [-0.25, -0.2) is 4.68 Å². The second-order valence-corrected chi connectivity index (χ2v) is 5.09. The van der Waals surface area contributed by atoms with E-state index in [0.717, 1.165) is 11.3 Å². The molecule has 0 fully saturated rings. The lowest BCUT2D eigenvalue weighted by Crippen LogP contribution is -1.99. The zero-order chi connectivity index (χ0) is 14.9. The van der Waals surface area contributed by atoms with Crippen molar-refractivity contribution in [2.24, 2.45) is 7.05 Å². The van der Waals surface area contributed by atoms with E-state index in [1.807, 2.05) is 6.92 Å². The van der Waals surface area contributed by atoms with Gasteiger partial charge in [-0.3, -0.25) is 10.1 Å². The molecule has 0 atom stereocenters. The molecule has 1 aromatic heterocycles. The fraction of sp³-hybridized carbons (Fsp3) is 0.250. The second-order valence-electron chi connectivity index (χ2n) is 4.10. The van der Waals surface area contributed by atoms with Gasteiger partial charge in [-0.15, -0.1) is 0 Å². The number of nitro groups is 1. The van der Waals surface area contributed by atoms with Gasteiger partial charge in [0.25, 0.3) is 0 Å². The SMILES string of the molecule is Cc1nn(C)c(Oc2cc(Cl)ccc2[N+](=O)[O-])c1CBr. The zero-order valence-corrected chi connectivity index (χ0v) is 13.1. The van der Waals surface area contributed by atoms with Crippen LogP contribution in [0.25, 0.3) is 0 Å². The number of rotatable bonds is 4. The minimum atomic E-state index is -0.511. The molecule has 2 aromatic rings. The maximum absolute atomic E-state index is 11.0. The molecule has 1 aromatic carbocycles. The van der Waals surface area contributed by atoms with Gasteiger partial charge in [0.1, 0.15) is 0 Å². The first-order valence-electron chi connectivity index (χ1n) is 5.64. The monoisotopic (exact) mass is 359 g/mol. The van der Waals surface area contributed by atoms with Crippen molar-refractivity contribution in [2.75, 3.05) is 0 Å². The minimum Gasteiger partial charge on any atom is -0.432 e. The molecule has 0 saturated carbocycles. The van der Waals surface area contributed by atoms with Crippen LogP contribution in [0.3, 0.4) is 0 Å². The topological polar surface area (TPSA) is 70.2 Å². The highest BCUT2D eigenvalue weighted by molar-refractivity contribution is 9.08. The highest BCUT2D eigenvalue weighted by atomic mass is 79.9. The maximum atomic E-state index is 11.0. The average Bonchev–Trinajstić information content (AvgIpc) is 2.63. The van der Waals surface area contributed by atoms with Crippen LogP contribution in [0.15, 0.2) is 18.2 Å². The van der Waals surface area contributed by atoms with E-state index >= 15 is 0 Å². The summed E-state index contributed by atoms with van der Waals surface area (Å²) in [6.45, 7) is 1.84. The third kappa shape index (κ3) is 2.78. The number of hydrogen-bond donors (Lipinski definition) is 0. The van der Waals surface area contributed by atoms with Crippen molar-refractivity contribution in [3.8, 4) is 11.6 Å². The Kier molecular flexibility index (Phi) is 4.29. The molecule has 20 heavy (non-hydrogen) atoms. The Hall–Kier alpha value is -1.60. The number of hydrogen-bond acceptors (Lipinski definition) is 4. The Morgan fingerprint density at radius 1 is 1.55 bits per heavy atom. The first kappa shape index (κ1) is 14.8. The van der Waals surface area contributed by atoms with Crippen molar-refractivity contribution in [1.82, 2.24) is 9.78 Å². The van der Waals surface area contributed by atoms with Crippen LogP contribution in [0, 0.1) is 17.0 Å². The molecule has 0 radical (unpaired) electrons. The van der Waals surface area contributed by atoms with E-state index in [9.17, 15) is 10.1 Å². The van der Waals surface area contributed by atoms with Crippen LogP contribution in [0.2, 0.25) is 5.02 Å². The molecule has 0 unspecified atom stereocenters. The number of nitrogens with zero attached hydrogens (tertiary/aromatic N) is 3. The standard InChI is InChI=1S/C12H11BrClN3O3/c1-7-9(6-13)12(16(2)15-7)20-11-5-8(14)3-4-10(11)17(18)19/h3-5H,6H2,1-2H3. The van der Waals surface area contributed by atoms with Gasteiger partial charge >= 0.3 is 5.69 Å². The van der Waals surface area contributed by atoms with Crippen LogP contribution >= 0.6 is 27.5 Å². The van der Waals surface area contributed by atoms with E-state index < -0.39 is 4.92 Å². The lowest BCUT2D eigenvalue weighted by Gasteiger charge is -2.08. The molecule has 0 aliphatic rings. The quantitative estimate of drug-likeness (QED) is 0.470. The van der Waals surface area contributed by atoms with Crippen LogP contribution in [-0.2, 0) is 12.4 Å². The Balaban J connectivity index is 2.49. The molecular formula is C12H11BrClN3O3. The summed E-state index contributed by atoms with van der Waals surface area (Å²) in [4.78, 5) is 10.5. The van der Waals surface area contributed by atoms with Gasteiger partial charge in [-0.05, 0) is 13.0 Å². The third-order valence-electron chi connectivity index (χ3n) is 2.75. The van der Waals surface area contributed by atoms with Crippen LogP contribution in [0.1, 0.15) is 11.3 Å². The van der Waals surface area contributed by atoms with E-state index in [1.54, 1.807) is 7.05 Å². The summed E-state index contributed by atoms with van der Waals surface area (Å²) in [6, 6.07) is 4.18. The summed E-state index contributed by atoms with van der Waals surface area (Å²) >= 11 is 9.23. The lowest BCUT2D eigenvalue weighted by molar-refractivity contribution is -0.385. The highest BCUT2D eigenvalue weighted by Crippen LogP contribution is 2.36. The van der Waals surface area contributed by atoms with E-state index in [1.165, 1.54) is 22.9 Å². The molecule has 0 aliphatic carbocycles. The molecule has 0 spiro atoms. The van der Waals surface area contributed by atoms with Crippen LogP contribution in [0.5, 0.6) is 11.6 Å². The van der Waals surface area contributed by atoms with E-state index in [2.05, 4.69) is 21.0 Å². The molecular weight excluding hydrogens is 350 g/mol. The van der Waals surface area contributed by atoms with Gasteiger partial charge in [0.05, 0.1) is 10.6 Å². The van der Waals surface area contributed by atoms with Crippen molar-refractivity contribution < 1.29 is 9.66 Å². The van der Waals surface area contributed by atoms with Crippen LogP contribution < -0.4 is 4.74 Å². The fourth-order valence-corrected chi connectivity index (χ4v) is 2.59. The summed E-state index contributed by atoms with van der Waals surface area (Å²) in [5.41, 5.74) is 1.49. The predicted octanol–water partition coefficient (Wildman–Crippen LogP) is 3.98. The van der Waals surface area contributed by atoms with Crippen molar-refractivity contribution >= 4 is 33.2 Å². The third-order valence-corrected chi connectivity index (χ3v) is 3.54. The molecule has 0 saturated heterocycles. The molecule has 8 heteroatoms. The van der Waals surface area contributed by atoms with Crippen LogP contribution in [0.4, 0.5) is 5.69 Å². The van der Waals surface area contributed by atoms with Gasteiger partial charge in [0.2, 0.25) is 11.6 Å². The number of aromatic nitrogens is 2. The molecule has 1 heterocycles. The van der Waals surface area contributed by atoms with E-state index in [4.69, 9.17) is 16.3 Å². The highest BCUT2D eigenvalue weighted by Gasteiger charge is 2.20. The molecule has 6 nitrogen and oxygen atoms in total. The van der Waals surface area contributed by atoms with Gasteiger partial charge in [0.15, 0.2) is 0 Å². The van der Waals surface area contributed by atoms with Gasteiger partial charge in [-0.2, -0.15) is 5.10 Å². The number of aryl methyl sites for hydroxylation is 2. The summed E-state index contributed by atoms with van der Waals surface area (Å²) < 4.78 is 7.21. The van der Waals surface area contributed by atoms with E-state index in [-0.39, 0.29) is 11.4 Å². The average molecular weight is 361 g/mol. The Morgan fingerprint density at radius 2 is 2.25 bits per heavy atom. The van der Waals surface area contributed by atoms with Gasteiger partial charge < -0.3 is 4.74 Å². The largest absolute Gasteiger partial charge is 0.432 e. The Morgan fingerprint density at radius 3 is 2.85 bits per heavy atom. The second kappa shape index (κ2) is 5.80. The lowest BCUT2D eigenvalue weighted by atomic mass is 10.3. The van der Waals surface area contributed by atoms with E-state index in [0.29, 0.717) is 16.2 Å². The molecule has 0 amide bonds. The Labute approximate surface area is 128 Å². The van der Waals surface area contributed by atoms with Gasteiger partial charge in [-0.1, -0.05) is 27.5 Å². The molecule has 2 rings (SSSR count).